The van der Waals surface area contributed by atoms with Crippen molar-refractivity contribution in [3.63, 3.8) is 0 Å². The molecule has 4 atom stereocenters. The zero-order valence-electron chi connectivity index (χ0n) is 17.9. The predicted octanol–water partition coefficient (Wildman–Crippen LogP) is -1.49. The molecule has 9 nitrogen and oxygen atoms in total. The van der Waals surface area contributed by atoms with Gasteiger partial charge in [-0.15, -0.1) is 0 Å². The monoisotopic (exact) mass is 572 g/mol. The first-order chi connectivity index (χ1) is 16.1. The number of hydrogen-bond acceptors (Lipinski definition) is 9. The fourth-order valence-electron chi connectivity index (χ4n) is 5.37. The zero-order valence-corrected chi connectivity index (χ0v) is 20.1. The van der Waals surface area contributed by atoms with E-state index in [-0.39, 0.29) is 41.1 Å². The van der Waals surface area contributed by atoms with Crippen LogP contribution >= 0.6 is 0 Å². The number of anilines is 2. The van der Waals surface area contributed by atoms with Gasteiger partial charge in [0.1, 0.15) is 0 Å². The molecule has 1 aromatic rings. The molecule has 4 fully saturated rings. The van der Waals surface area contributed by atoms with E-state index in [9.17, 15) is 8.78 Å². The Kier molecular flexibility index (Phi) is 5.69. The van der Waals surface area contributed by atoms with Gasteiger partial charge in [0.15, 0.2) is 0 Å². The van der Waals surface area contributed by atoms with Gasteiger partial charge in [0.05, 0.1) is 0 Å². The summed E-state index contributed by atoms with van der Waals surface area (Å²) in [6.07, 6.45) is 2.73. The van der Waals surface area contributed by atoms with E-state index in [0.717, 1.165) is 25.7 Å². The van der Waals surface area contributed by atoms with E-state index in [0.29, 0.717) is 42.2 Å². The molecule has 0 aliphatic carbocycles. The molecule has 178 valence electrons. The Bertz CT molecular complexity index is 956. The van der Waals surface area contributed by atoms with Crippen molar-refractivity contribution in [2.24, 2.45) is 10.7 Å². The third-order valence-electron chi connectivity index (χ3n) is 6.94. The molecular formula is C21H25F2IN7O2-. The summed E-state index contributed by atoms with van der Waals surface area (Å²) in [4.78, 5) is 23.0. The van der Waals surface area contributed by atoms with Crippen LogP contribution < -0.4 is 36.7 Å². The fourth-order valence-corrected chi connectivity index (χ4v) is 6.93. The number of allylic oxidation sites excluding steroid dienone is 2. The van der Waals surface area contributed by atoms with Crippen molar-refractivity contribution in [3.8, 4) is 0 Å². The van der Waals surface area contributed by atoms with Crippen LogP contribution in [-0.2, 0) is 9.47 Å². The topological polar surface area (TPSA) is 102 Å². The number of aliphatic imine (C=N–C) groups is 1. The van der Waals surface area contributed by atoms with Gasteiger partial charge in [0.25, 0.3) is 0 Å². The summed E-state index contributed by atoms with van der Waals surface area (Å²) >= 11 is -0.911. The van der Waals surface area contributed by atoms with Gasteiger partial charge in [-0.05, 0) is 0 Å². The Morgan fingerprint density at radius 3 is 1.88 bits per heavy atom. The van der Waals surface area contributed by atoms with Crippen LogP contribution in [0.1, 0.15) is 31.5 Å². The molecule has 0 saturated carbocycles. The van der Waals surface area contributed by atoms with Crippen molar-refractivity contribution in [1.29, 1.82) is 0 Å². The van der Waals surface area contributed by atoms with Crippen LogP contribution in [0.5, 0.6) is 0 Å². The Morgan fingerprint density at radius 2 is 1.39 bits per heavy atom. The van der Waals surface area contributed by atoms with Crippen LogP contribution in [0.3, 0.4) is 0 Å². The van der Waals surface area contributed by atoms with Gasteiger partial charge in [0, 0.05) is 0 Å². The molecule has 0 spiro atoms. The molecule has 4 saturated heterocycles. The van der Waals surface area contributed by atoms with Gasteiger partial charge in [-0.1, -0.05) is 0 Å². The number of alkyl halides is 2. The molecule has 0 radical (unpaired) electrons. The van der Waals surface area contributed by atoms with E-state index >= 15 is 0 Å². The number of ether oxygens (including phenoxy) is 2. The molecule has 5 aliphatic heterocycles. The molecule has 33 heavy (non-hydrogen) atoms. The second kappa shape index (κ2) is 8.69. The minimum atomic E-state index is -2.67. The van der Waals surface area contributed by atoms with E-state index in [1.165, 1.54) is 10.3 Å². The summed E-state index contributed by atoms with van der Waals surface area (Å²) in [7, 11) is 0. The number of amidine groups is 1. The molecule has 5 aliphatic rings. The molecule has 6 heterocycles. The van der Waals surface area contributed by atoms with Gasteiger partial charge in [-0.3, -0.25) is 0 Å². The van der Waals surface area contributed by atoms with Crippen LogP contribution in [0, 0.1) is 0 Å². The van der Waals surface area contributed by atoms with Crippen LogP contribution in [0.4, 0.5) is 20.7 Å². The van der Waals surface area contributed by atoms with Crippen LogP contribution in [0.2, 0.25) is 0 Å². The summed E-state index contributed by atoms with van der Waals surface area (Å²) in [5.74, 6) is 1.28. The first kappa shape index (κ1) is 21.6. The van der Waals surface area contributed by atoms with Gasteiger partial charge >= 0.3 is 201 Å². The standard InChI is InChI=1S/C21H25F2IN7O2/c22-17(23)15-5-24-19(25)26-6-16(15)18-27-20(30-11-1-2-12(30)8-32-7-11)29-21(28-18)31-13-3-4-14(31)10-33-9-13/h5-6,11-14,17H,1-4,7-10H2,(H2,25,26)/q-1. The van der Waals surface area contributed by atoms with Crippen molar-refractivity contribution < 1.29 is 39.5 Å². The normalized spacial score (nSPS) is 31.7. The molecular weight excluding hydrogens is 547 g/mol. The fraction of sp³-hybridized carbons (Fsp3) is 0.619. The maximum absolute atomic E-state index is 14.0. The van der Waals surface area contributed by atoms with E-state index in [4.69, 9.17) is 30.2 Å². The Morgan fingerprint density at radius 1 is 0.879 bits per heavy atom. The summed E-state index contributed by atoms with van der Waals surface area (Å²) in [6, 6.07) is 0.726. The number of aromatic nitrogens is 3. The number of nitrogens with two attached hydrogens (primary N) is 1. The number of halogens is 3. The summed E-state index contributed by atoms with van der Waals surface area (Å²) in [6.45, 7) is 2.47. The van der Waals surface area contributed by atoms with Crippen molar-refractivity contribution in [2.45, 2.75) is 56.3 Å². The Labute approximate surface area is 200 Å². The van der Waals surface area contributed by atoms with Crippen molar-refractivity contribution >= 4 is 21.3 Å². The maximum atomic E-state index is 14.0. The first-order valence-electron chi connectivity index (χ1n) is 11.2. The molecule has 4 bridgehead atoms. The summed E-state index contributed by atoms with van der Waals surface area (Å²) in [5.41, 5.74) is 6.00. The predicted molar refractivity (Wildman–Crippen MR) is 114 cm³/mol. The quantitative estimate of drug-likeness (QED) is 0.345. The Balaban J connectivity index is 1.48. The molecule has 1 aromatic heterocycles. The van der Waals surface area contributed by atoms with Crippen molar-refractivity contribution in [1.82, 2.24) is 15.0 Å². The van der Waals surface area contributed by atoms with Gasteiger partial charge in [-0.25, -0.2) is 0 Å². The molecule has 6 rings (SSSR count). The molecule has 12 heteroatoms. The first-order valence-corrected chi connectivity index (χ1v) is 13.5. The van der Waals surface area contributed by atoms with E-state index in [1.807, 2.05) is 0 Å². The van der Waals surface area contributed by atoms with E-state index < -0.39 is 27.6 Å². The van der Waals surface area contributed by atoms with Crippen LogP contribution in [0.25, 0.3) is 5.57 Å². The average Bonchev–Trinajstić information content (AvgIpc) is 3.10. The van der Waals surface area contributed by atoms with Crippen molar-refractivity contribution in [2.75, 3.05) is 36.2 Å². The molecule has 0 aromatic carbocycles. The summed E-state index contributed by atoms with van der Waals surface area (Å²) < 4.78 is 41.5. The molecule has 2 N–H and O–H groups in total. The molecule has 4 unspecified atom stereocenters. The van der Waals surface area contributed by atoms with Gasteiger partial charge in [0.2, 0.25) is 0 Å². The van der Waals surface area contributed by atoms with E-state index in [2.05, 4.69) is 14.8 Å². The Hall–Kier alpha value is -1.93. The average molecular weight is 572 g/mol. The number of nitrogens with zero attached hydrogens (tertiary/aromatic N) is 6. The number of rotatable bonds is 4. The number of morpholine rings is 2. The SMILES string of the molecule is NC1=NC=C(c2nc(N3C4CCC3COC4)nc(N3C4CCC3COC4)n2)C(C(F)F)=C[I-]1. The van der Waals surface area contributed by atoms with Gasteiger partial charge < -0.3 is 0 Å². The summed E-state index contributed by atoms with van der Waals surface area (Å²) in [5, 5.41) is 0. The van der Waals surface area contributed by atoms with Crippen LogP contribution in [0.15, 0.2) is 20.8 Å². The molecule has 0 amide bonds. The van der Waals surface area contributed by atoms with Crippen molar-refractivity contribution in [3.05, 3.63) is 21.7 Å². The minimum absolute atomic E-state index is 0.106. The zero-order chi connectivity index (χ0) is 22.5. The third-order valence-corrected chi connectivity index (χ3v) is 8.84. The third kappa shape index (κ3) is 3.89. The number of hydrogen-bond donors (Lipinski definition) is 1. The second-order valence-electron chi connectivity index (χ2n) is 8.89. The second-order valence-corrected chi connectivity index (χ2v) is 11.2. The van der Waals surface area contributed by atoms with Crippen LogP contribution in [-0.4, -0.2) is 75.8 Å². The van der Waals surface area contributed by atoms with Gasteiger partial charge in [-0.2, -0.15) is 0 Å². The number of fused-ring (bicyclic) bond motifs is 4. The van der Waals surface area contributed by atoms with E-state index in [1.54, 1.807) is 0 Å².